The SMILES string of the molecule is COC(=O)ON1C(=O)CCC1O. The summed E-state index contributed by atoms with van der Waals surface area (Å²) in [6.45, 7) is 0. The average molecular weight is 175 g/mol. The first-order chi connectivity index (χ1) is 5.65. The Morgan fingerprint density at radius 1 is 1.75 bits per heavy atom. The normalized spacial score (nSPS) is 22.7. The summed E-state index contributed by atoms with van der Waals surface area (Å²) in [5, 5.41) is 9.69. The fourth-order valence-corrected chi connectivity index (χ4v) is 0.876. The minimum Gasteiger partial charge on any atom is -0.436 e. The van der Waals surface area contributed by atoms with Gasteiger partial charge in [0.2, 0.25) is 0 Å². The van der Waals surface area contributed by atoms with Crippen LogP contribution in [0.4, 0.5) is 4.79 Å². The number of methoxy groups -OCH3 is 1. The zero-order chi connectivity index (χ0) is 9.14. The number of hydrogen-bond acceptors (Lipinski definition) is 5. The molecule has 0 spiro atoms. The maximum absolute atomic E-state index is 10.9. The number of nitrogens with zero attached hydrogens (tertiary/aromatic N) is 1. The number of carbonyl (C=O) groups excluding carboxylic acids is 2. The summed E-state index contributed by atoms with van der Waals surface area (Å²) in [5.41, 5.74) is 0. The van der Waals surface area contributed by atoms with Gasteiger partial charge in [-0.3, -0.25) is 4.79 Å². The molecular formula is C6H9NO5. The van der Waals surface area contributed by atoms with Crippen LogP contribution in [-0.2, 0) is 14.4 Å². The minimum absolute atomic E-state index is 0.179. The monoisotopic (exact) mass is 175 g/mol. The first kappa shape index (κ1) is 8.79. The second-order valence-electron chi connectivity index (χ2n) is 2.28. The van der Waals surface area contributed by atoms with Crippen molar-refractivity contribution in [2.24, 2.45) is 0 Å². The van der Waals surface area contributed by atoms with Gasteiger partial charge in [0.05, 0.1) is 7.11 Å². The Morgan fingerprint density at radius 3 is 2.83 bits per heavy atom. The van der Waals surface area contributed by atoms with E-state index in [1.165, 1.54) is 0 Å². The molecule has 0 saturated carbocycles. The Hall–Kier alpha value is -1.30. The van der Waals surface area contributed by atoms with Gasteiger partial charge >= 0.3 is 6.16 Å². The van der Waals surface area contributed by atoms with Crippen molar-refractivity contribution in [3.05, 3.63) is 0 Å². The maximum Gasteiger partial charge on any atom is 0.533 e. The molecule has 1 atom stereocenters. The molecule has 68 valence electrons. The summed E-state index contributed by atoms with van der Waals surface area (Å²) >= 11 is 0. The molecule has 1 fully saturated rings. The van der Waals surface area contributed by atoms with Crippen LogP contribution in [0.2, 0.25) is 0 Å². The Bertz CT molecular complexity index is 204. The molecular weight excluding hydrogens is 166 g/mol. The summed E-state index contributed by atoms with van der Waals surface area (Å²) < 4.78 is 4.14. The minimum atomic E-state index is -1.04. The first-order valence-electron chi connectivity index (χ1n) is 3.41. The summed E-state index contributed by atoms with van der Waals surface area (Å²) in [4.78, 5) is 25.7. The van der Waals surface area contributed by atoms with E-state index in [0.29, 0.717) is 5.06 Å². The van der Waals surface area contributed by atoms with Crippen LogP contribution in [0.5, 0.6) is 0 Å². The molecule has 12 heavy (non-hydrogen) atoms. The smallest absolute Gasteiger partial charge is 0.436 e. The van der Waals surface area contributed by atoms with Crippen LogP contribution in [0, 0.1) is 0 Å². The van der Waals surface area contributed by atoms with Gasteiger partial charge in [0.15, 0.2) is 6.23 Å². The van der Waals surface area contributed by atoms with Gasteiger partial charge in [-0.05, 0) is 0 Å². The van der Waals surface area contributed by atoms with E-state index >= 15 is 0 Å². The summed E-state index contributed by atoms with van der Waals surface area (Å²) in [6, 6.07) is 0. The molecule has 0 aromatic carbocycles. The fourth-order valence-electron chi connectivity index (χ4n) is 0.876. The highest BCUT2D eigenvalue weighted by atomic mass is 16.8. The quantitative estimate of drug-likeness (QED) is 0.550. The Balaban J connectivity index is 2.50. The molecule has 0 bridgehead atoms. The van der Waals surface area contributed by atoms with Crippen LogP contribution in [0.1, 0.15) is 12.8 Å². The predicted octanol–water partition coefficient (Wildman–Crippen LogP) is -0.375. The number of amides is 1. The summed E-state index contributed by atoms with van der Waals surface area (Å²) in [6.07, 6.45) is -1.60. The van der Waals surface area contributed by atoms with Crippen LogP contribution in [0.3, 0.4) is 0 Å². The molecule has 1 rings (SSSR count). The van der Waals surface area contributed by atoms with Gasteiger partial charge in [0.25, 0.3) is 5.91 Å². The number of carbonyl (C=O) groups is 2. The molecule has 0 radical (unpaired) electrons. The molecule has 1 aliphatic rings. The van der Waals surface area contributed by atoms with Crippen molar-refractivity contribution in [3.63, 3.8) is 0 Å². The van der Waals surface area contributed by atoms with Crippen LogP contribution in [0.15, 0.2) is 0 Å². The largest absolute Gasteiger partial charge is 0.533 e. The van der Waals surface area contributed by atoms with Crippen molar-refractivity contribution < 1.29 is 24.3 Å². The second kappa shape index (κ2) is 3.40. The van der Waals surface area contributed by atoms with Gasteiger partial charge in [-0.2, -0.15) is 0 Å². The lowest BCUT2D eigenvalue weighted by molar-refractivity contribution is -0.198. The highest BCUT2D eigenvalue weighted by Crippen LogP contribution is 2.16. The van der Waals surface area contributed by atoms with Crippen molar-refractivity contribution in [2.45, 2.75) is 19.1 Å². The van der Waals surface area contributed by atoms with E-state index in [4.69, 9.17) is 5.11 Å². The molecule has 1 aliphatic heterocycles. The van der Waals surface area contributed by atoms with E-state index in [1.54, 1.807) is 0 Å². The first-order valence-corrected chi connectivity index (χ1v) is 3.41. The van der Waals surface area contributed by atoms with E-state index in [2.05, 4.69) is 9.57 Å². The van der Waals surface area contributed by atoms with E-state index < -0.39 is 18.3 Å². The molecule has 6 nitrogen and oxygen atoms in total. The van der Waals surface area contributed by atoms with Gasteiger partial charge in [0, 0.05) is 12.8 Å². The third-order valence-electron chi connectivity index (χ3n) is 1.47. The standard InChI is InChI=1S/C6H9NO5/c1-11-6(10)12-7-4(8)2-3-5(7)9/h4,8H,2-3H2,1H3. The third kappa shape index (κ3) is 1.65. The van der Waals surface area contributed by atoms with Crippen LogP contribution < -0.4 is 0 Å². The number of hydrogen-bond donors (Lipinski definition) is 1. The Kier molecular flexibility index (Phi) is 2.49. The third-order valence-corrected chi connectivity index (χ3v) is 1.47. The zero-order valence-electron chi connectivity index (χ0n) is 6.52. The average Bonchev–Trinajstić information content (AvgIpc) is 2.35. The zero-order valence-corrected chi connectivity index (χ0v) is 6.52. The van der Waals surface area contributed by atoms with Gasteiger partial charge in [-0.15, -0.1) is 5.06 Å². The molecule has 0 aromatic rings. The Morgan fingerprint density at radius 2 is 2.42 bits per heavy atom. The van der Waals surface area contributed by atoms with Gasteiger partial charge in [-0.25, -0.2) is 4.79 Å². The van der Waals surface area contributed by atoms with Crippen LogP contribution >= 0.6 is 0 Å². The lowest BCUT2D eigenvalue weighted by Crippen LogP contribution is -2.35. The lowest BCUT2D eigenvalue weighted by atomic mass is 10.4. The number of rotatable bonds is 1. The molecule has 1 amide bonds. The van der Waals surface area contributed by atoms with Gasteiger partial charge in [0.1, 0.15) is 0 Å². The molecule has 0 aromatic heterocycles. The van der Waals surface area contributed by atoms with Crippen molar-refractivity contribution in [1.29, 1.82) is 0 Å². The molecule has 0 aliphatic carbocycles. The van der Waals surface area contributed by atoms with Crippen LogP contribution in [-0.4, -0.2) is 35.6 Å². The predicted molar refractivity (Wildman–Crippen MR) is 35.6 cm³/mol. The van der Waals surface area contributed by atoms with Crippen molar-refractivity contribution in [3.8, 4) is 0 Å². The fraction of sp³-hybridized carbons (Fsp3) is 0.667. The van der Waals surface area contributed by atoms with E-state index in [1.807, 2.05) is 0 Å². The molecule has 1 unspecified atom stereocenters. The van der Waals surface area contributed by atoms with E-state index in [-0.39, 0.29) is 12.8 Å². The van der Waals surface area contributed by atoms with Crippen molar-refractivity contribution in [1.82, 2.24) is 5.06 Å². The lowest BCUT2D eigenvalue weighted by Gasteiger charge is -2.16. The summed E-state index contributed by atoms with van der Waals surface area (Å²) in [5.74, 6) is -0.423. The molecule has 6 heteroatoms. The van der Waals surface area contributed by atoms with Crippen LogP contribution in [0.25, 0.3) is 0 Å². The number of hydroxylamine groups is 2. The number of aliphatic hydroxyl groups excluding tert-OH is 1. The number of ether oxygens (including phenoxy) is 1. The van der Waals surface area contributed by atoms with E-state index in [9.17, 15) is 9.59 Å². The molecule has 1 N–H and O–H groups in total. The highest BCUT2D eigenvalue weighted by Gasteiger charge is 2.33. The van der Waals surface area contributed by atoms with Crippen molar-refractivity contribution >= 4 is 12.1 Å². The second-order valence-corrected chi connectivity index (χ2v) is 2.28. The van der Waals surface area contributed by atoms with Gasteiger partial charge in [-0.1, -0.05) is 0 Å². The topological polar surface area (TPSA) is 76.1 Å². The Labute approximate surface area is 68.6 Å². The summed E-state index contributed by atoms with van der Waals surface area (Å²) in [7, 11) is 1.12. The highest BCUT2D eigenvalue weighted by molar-refractivity contribution is 5.78. The number of aliphatic hydroxyl groups is 1. The van der Waals surface area contributed by atoms with Gasteiger partial charge < -0.3 is 14.7 Å². The maximum atomic E-state index is 10.9. The van der Waals surface area contributed by atoms with E-state index in [0.717, 1.165) is 7.11 Å². The van der Waals surface area contributed by atoms with Crippen molar-refractivity contribution in [2.75, 3.05) is 7.11 Å². The molecule has 1 heterocycles. The molecule has 1 saturated heterocycles.